The molecule has 0 unspecified atom stereocenters. The van der Waals surface area contributed by atoms with Crippen molar-refractivity contribution in [3.63, 3.8) is 0 Å². The van der Waals surface area contributed by atoms with E-state index < -0.39 is 23.7 Å². The van der Waals surface area contributed by atoms with E-state index in [1.54, 1.807) is 36.4 Å². The zero-order valence-electron chi connectivity index (χ0n) is 18.3. The highest BCUT2D eigenvalue weighted by atomic mass is 35.5. The van der Waals surface area contributed by atoms with Crippen molar-refractivity contribution in [3.05, 3.63) is 56.0 Å². The quantitative estimate of drug-likeness (QED) is 0.354. The lowest BCUT2D eigenvalue weighted by molar-refractivity contribution is -0.577. The Kier molecular flexibility index (Phi) is 12.5. The summed E-state index contributed by atoms with van der Waals surface area (Å²) in [6.45, 7) is 3.60. The second kappa shape index (κ2) is 14.2. The molecular formula is C20H27Cl3N4O6. The maximum Gasteiger partial charge on any atom is 0.329 e. The molecule has 0 bridgehead atoms. The van der Waals surface area contributed by atoms with Crippen molar-refractivity contribution in [1.29, 1.82) is 0 Å². The van der Waals surface area contributed by atoms with Gasteiger partial charge in [-0.2, -0.15) is 0 Å². The van der Waals surface area contributed by atoms with Crippen LogP contribution >= 0.6 is 34.8 Å². The van der Waals surface area contributed by atoms with Crippen LogP contribution in [-0.4, -0.2) is 74.1 Å². The van der Waals surface area contributed by atoms with Crippen LogP contribution in [0.3, 0.4) is 0 Å². The molecule has 1 aromatic heterocycles. The van der Waals surface area contributed by atoms with Crippen LogP contribution in [0.4, 0.5) is 4.79 Å². The van der Waals surface area contributed by atoms with Crippen molar-refractivity contribution in [1.82, 2.24) is 14.5 Å². The first-order chi connectivity index (χ1) is 15.6. The van der Waals surface area contributed by atoms with Crippen LogP contribution in [0.2, 0.25) is 15.1 Å². The van der Waals surface area contributed by atoms with Crippen molar-refractivity contribution >= 4 is 40.8 Å². The lowest BCUT2D eigenvalue weighted by Gasteiger charge is -2.22. The number of rotatable bonds is 10. The van der Waals surface area contributed by atoms with Gasteiger partial charge in [0.1, 0.15) is 26.1 Å². The summed E-state index contributed by atoms with van der Waals surface area (Å²) in [7, 11) is 0. The number of amides is 1. The summed E-state index contributed by atoms with van der Waals surface area (Å²) in [6, 6.07) is 2.97. The van der Waals surface area contributed by atoms with E-state index in [1.165, 1.54) is 10.9 Å². The predicted molar refractivity (Wildman–Crippen MR) is 126 cm³/mol. The van der Waals surface area contributed by atoms with Gasteiger partial charge in [-0.3, -0.25) is 14.7 Å². The fourth-order valence-corrected chi connectivity index (χ4v) is 3.48. The lowest BCUT2D eigenvalue weighted by atomic mass is 10.0. The molecule has 2 N–H and O–H groups in total. The SMILES string of the molecule is CCC(CO)(CO)[N+](=O)[O-].CCCN(CCOc1c(Cl)cc(Cl)cc1Cl)C(=O)n1ccnc1. The van der Waals surface area contributed by atoms with Crippen molar-refractivity contribution in [2.24, 2.45) is 0 Å². The van der Waals surface area contributed by atoms with Gasteiger partial charge in [0, 0.05) is 35.3 Å². The first-order valence-electron chi connectivity index (χ1n) is 10.1. The highest BCUT2D eigenvalue weighted by Crippen LogP contribution is 2.35. The molecule has 2 aromatic rings. The highest BCUT2D eigenvalue weighted by molar-refractivity contribution is 6.40. The van der Waals surface area contributed by atoms with E-state index in [0.29, 0.717) is 33.9 Å². The number of nitrogens with zero attached hydrogens (tertiary/aromatic N) is 4. The maximum atomic E-state index is 12.3. The number of imidazole rings is 1. The Morgan fingerprint density at radius 1 is 1.21 bits per heavy atom. The van der Waals surface area contributed by atoms with Gasteiger partial charge in [-0.05, 0) is 18.6 Å². The van der Waals surface area contributed by atoms with Crippen LogP contribution in [0.1, 0.15) is 26.7 Å². The van der Waals surface area contributed by atoms with Gasteiger partial charge >= 0.3 is 6.03 Å². The molecule has 1 aromatic carbocycles. The van der Waals surface area contributed by atoms with E-state index in [-0.39, 0.29) is 19.1 Å². The smallest absolute Gasteiger partial charge is 0.329 e. The fraction of sp³-hybridized carbons (Fsp3) is 0.500. The molecule has 1 amide bonds. The van der Waals surface area contributed by atoms with Crippen molar-refractivity contribution in [2.45, 2.75) is 32.2 Å². The number of aliphatic hydroxyl groups is 2. The monoisotopic (exact) mass is 524 g/mol. The van der Waals surface area contributed by atoms with E-state index in [1.807, 2.05) is 6.92 Å². The molecule has 1 heterocycles. The second-order valence-electron chi connectivity index (χ2n) is 6.94. The molecule has 0 saturated heterocycles. The van der Waals surface area contributed by atoms with Crippen LogP contribution in [0.25, 0.3) is 0 Å². The van der Waals surface area contributed by atoms with Gasteiger partial charge < -0.3 is 19.8 Å². The van der Waals surface area contributed by atoms with Gasteiger partial charge in [-0.15, -0.1) is 0 Å². The molecular weight excluding hydrogens is 499 g/mol. The Morgan fingerprint density at radius 3 is 2.21 bits per heavy atom. The molecule has 10 nitrogen and oxygen atoms in total. The molecule has 0 spiro atoms. The van der Waals surface area contributed by atoms with Gasteiger partial charge in [0.2, 0.25) is 0 Å². The first kappa shape index (κ1) is 28.9. The Bertz CT molecular complexity index is 863. The number of nitro groups is 1. The highest BCUT2D eigenvalue weighted by Gasteiger charge is 2.39. The fourth-order valence-electron chi connectivity index (χ4n) is 2.55. The van der Waals surface area contributed by atoms with Gasteiger partial charge in [-0.1, -0.05) is 48.7 Å². The third-order valence-electron chi connectivity index (χ3n) is 4.69. The largest absolute Gasteiger partial charge is 0.489 e. The molecule has 0 aliphatic heterocycles. The van der Waals surface area contributed by atoms with Crippen molar-refractivity contribution in [3.8, 4) is 5.75 Å². The number of benzene rings is 1. The molecule has 0 aliphatic rings. The number of hydrogen-bond acceptors (Lipinski definition) is 7. The van der Waals surface area contributed by atoms with Gasteiger partial charge in [-0.25, -0.2) is 9.78 Å². The number of hydrogen-bond donors (Lipinski definition) is 2. The average molecular weight is 526 g/mol. The molecule has 13 heteroatoms. The molecule has 0 radical (unpaired) electrons. The summed E-state index contributed by atoms with van der Waals surface area (Å²) in [6.07, 6.45) is 5.61. The minimum Gasteiger partial charge on any atom is -0.489 e. The number of aromatic nitrogens is 2. The van der Waals surface area contributed by atoms with E-state index in [4.69, 9.17) is 49.8 Å². The summed E-state index contributed by atoms with van der Waals surface area (Å²) in [5, 5.41) is 28.4. The summed E-state index contributed by atoms with van der Waals surface area (Å²) < 4.78 is 7.05. The van der Waals surface area contributed by atoms with Crippen LogP contribution in [0.15, 0.2) is 30.9 Å². The Morgan fingerprint density at radius 2 is 1.82 bits per heavy atom. The van der Waals surface area contributed by atoms with Gasteiger partial charge in [0.25, 0.3) is 5.54 Å². The summed E-state index contributed by atoms with van der Waals surface area (Å²) in [5.41, 5.74) is -1.54. The Hall–Kier alpha value is -2.11. The number of carbonyl (C=O) groups is 1. The zero-order chi connectivity index (χ0) is 25.0. The van der Waals surface area contributed by atoms with E-state index in [9.17, 15) is 14.9 Å². The normalized spacial score (nSPS) is 10.9. The summed E-state index contributed by atoms with van der Waals surface area (Å²) in [4.78, 5) is 27.5. The predicted octanol–water partition coefficient (Wildman–Crippen LogP) is 4.00. The van der Waals surface area contributed by atoms with Crippen LogP contribution in [0.5, 0.6) is 5.75 Å². The van der Waals surface area contributed by atoms with E-state index in [2.05, 4.69) is 4.98 Å². The number of ether oxygens (including phenoxy) is 1. The van der Waals surface area contributed by atoms with E-state index >= 15 is 0 Å². The van der Waals surface area contributed by atoms with Crippen molar-refractivity contribution < 1.29 is 24.7 Å². The standard InChI is InChI=1S/C15H16Cl3N3O2.C5H11NO4/c1-2-4-20(15(22)21-5-3-19-10-21)6-7-23-14-12(17)8-11(16)9-13(14)18;1-2-5(3-7,4-8)6(9)10/h3,5,8-10H,2,4,6-7H2,1H3;7-8H,2-4H2,1H3. The number of carbonyl (C=O) groups excluding carboxylic acids is 1. The summed E-state index contributed by atoms with van der Waals surface area (Å²) in [5.74, 6) is 0.365. The van der Waals surface area contributed by atoms with Gasteiger partial charge in [0.05, 0.1) is 16.6 Å². The Balaban J connectivity index is 0.000000461. The lowest BCUT2D eigenvalue weighted by Crippen LogP contribution is -2.45. The molecule has 0 fully saturated rings. The molecule has 0 aliphatic carbocycles. The number of aliphatic hydroxyl groups excluding tert-OH is 2. The van der Waals surface area contributed by atoms with Crippen LogP contribution < -0.4 is 4.74 Å². The zero-order valence-corrected chi connectivity index (χ0v) is 20.6. The first-order valence-corrected chi connectivity index (χ1v) is 11.2. The molecule has 0 saturated carbocycles. The molecule has 0 atom stereocenters. The minimum atomic E-state index is -1.54. The molecule has 184 valence electrons. The third kappa shape index (κ3) is 8.31. The summed E-state index contributed by atoms with van der Waals surface area (Å²) >= 11 is 18.0. The number of halogens is 3. The van der Waals surface area contributed by atoms with Crippen LogP contribution in [0, 0.1) is 10.1 Å². The van der Waals surface area contributed by atoms with Crippen LogP contribution in [-0.2, 0) is 0 Å². The second-order valence-corrected chi connectivity index (χ2v) is 8.19. The average Bonchev–Trinajstić information content (AvgIpc) is 3.31. The van der Waals surface area contributed by atoms with Gasteiger partial charge in [0.15, 0.2) is 5.75 Å². The third-order valence-corrected chi connectivity index (χ3v) is 5.47. The van der Waals surface area contributed by atoms with E-state index in [0.717, 1.165) is 6.42 Å². The van der Waals surface area contributed by atoms with Crippen molar-refractivity contribution in [2.75, 3.05) is 32.9 Å². The molecule has 2 rings (SSSR count). The minimum absolute atomic E-state index is 0.132. The topological polar surface area (TPSA) is 131 Å². The molecule has 33 heavy (non-hydrogen) atoms. The maximum absolute atomic E-state index is 12.3. The Labute approximate surface area is 206 Å².